The molecule has 3 aromatic rings. The average Bonchev–Trinajstić information content (AvgIpc) is 2.89. The molecule has 0 saturated heterocycles. The van der Waals surface area contributed by atoms with E-state index >= 15 is 0 Å². The molecule has 27 heavy (non-hydrogen) atoms. The predicted octanol–water partition coefficient (Wildman–Crippen LogP) is 5.83. The van der Waals surface area contributed by atoms with Gasteiger partial charge >= 0.3 is 6.61 Å². The fraction of sp³-hybridized carbons (Fsp3) is 0.250. The molecule has 0 aliphatic heterocycles. The van der Waals surface area contributed by atoms with Gasteiger partial charge in [0.1, 0.15) is 11.9 Å². The molecule has 0 unspecified atom stereocenters. The Balaban J connectivity index is 1.98. The van der Waals surface area contributed by atoms with Crippen molar-refractivity contribution in [3.05, 3.63) is 75.5 Å². The first-order valence-electron chi connectivity index (χ1n) is 8.44. The Morgan fingerprint density at radius 3 is 2.15 bits per heavy atom. The van der Waals surface area contributed by atoms with Gasteiger partial charge in [-0.2, -0.15) is 13.9 Å². The van der Waals surface area contributed by atoms with E-state index in [1.807, 2.05) is 49.7 Å². The summed E-state index contributed by atoms with van der Waals surface area (Å²) in [5.74, 6) is 0.123. The van der Waals surface area contributed by atoms with Crippen molar-refractivity contribution in [3.8, 4) is 5.75 Å². The van der Waals surface area contributed by atoms with Crippen molar-refractivity contribution in [2.75, 3.05) is 5.32 Å². The van der Waals surface area contributed by atoms with Gasteiger partial charge in [0.2, 0.25) is 0 Å². The topological polar surface area (TPSA) is 39.1 Å². The second-order valence-electron chi connectivity index (χ2n) is 6.29. The summed E-state index contributed by atoms with van der Waals surface area (Å²) >= 11 is 3.56. The largest absolute Gasteiger partial charge is 0.435 e. The first-order chi connectivity index (χ1) is 12.8. The molecule has 1 N–H and O–H groups in total. The van der Waals surface area contributed by atoms with Crippen LogP contribution in [0, 0.1) is 20.8 Å². The summed E-state index contributed by atoms with van der Waals surface area (Å²) in [6, 6.07) is 14.6. The van der Waals surface area contributed by atoms with E-state index in [9.17, 15) is 8.78 Å². The third-order valence-electron chi connectivity index (χ3n) is 4.26. The number of alkyl halides is 2. The molecule has 0 saturated carbocycles. The number of halogens is 3. The summed E-state index contributed by atoms with van der Waals surface area (Å²) in [5, 5.41) is 8.10. The van der Waals surface area contributed by atoms with Crippen LogP contribution < -0.4 is 10.1 Å². The van der Waals surface area contributed by atoms with Crippen molar-refractivity contribution >= 4 is 21.6 Å². The van der Waals surface area contributed by atoms with Crippen molar-refractivity contribution in [1.29, 1.82) is 0 Å². The zero-order chi connectivity index (χ0) is 19.6. The minimum atomic E-state index is -2.84. The van der Waals surface area contributed by atoms with Crippen LogP contribution >= 0.6 is 15.9 Å². The van der Waals surface area contributed by atoms with Crippen LogP contribution in [0.25, 0.3) is 0 Å². The molecule has 0 radical (unpaired) electrons. The highest BCUT2D eigenvalue weighted by Crippen LogP contribution is 2.29. The van der Waals surface area contributed by atoms with Crippen LogP contribution in [-0.2, 0) is 0 Å². The molecule has 1 heterocycles. The smallest absolute Gasteiger partial charge is 0.387 e. The predicted molar refractivity (Wildman–Crippen MR) is 105 cm³/mol. The quantitative estimate of drug-likeness (QED) is 0.529. The lowest BCUT2D eigenvalue weighted by Crippen LogP contribution is -2.22. The molecular formula is C20H20BrF2N3O. The Bertz CT molecular complexity index is 908. The Kier molecular flexibility index (Phi) is 5.79. The lowest BCUT2D eigenvalue weighted by molar-refractivity contribution is -0.0498. The summed E-state index contributed by atoms with van der Waals surface area (Å²) < 4.78 is 32.1. The van der Waals surface area contributed by atoms with Crippen LogP contribution in [0.4, 0.5) is 14.5 Å². The molecule has 2 aromatic carbocycles. The first kappa shape index (κ1) is 19.4. The van der Waals surface area contributed by atoms with E-state index in [0.29, 0.717) is 0 Å². The maximum Gasteiger partial charge on any atom is 0.387 e. The van der Waals surface area contributed by atoms with Gasteiger partial charge in [0.25, 0.3) is 0 Å². The van der Waals surface area contributed by atoms with Gasteiger partial charge in [-0.1, -0.05) is 29.8 Å². The molecule has 3 rings (SSSR count). The Morgan fingerprint density at radius 2 is 1.63 bits per heavy atom. The number of aromatic nitrogens is 2. The second-order valence-corrected chi connectivity index (χ2v) is 7.08. The number of ether oxygens (including phenoxy) is 1. The summed E-state index contributed by atoms with van der Waals surface area (Å²) in [7, 11) is 0. The number of hydrogen-bond acceptors (Lipinski definition) is 3. The Morgan fingerprint density at radius 1 is 1.00 bits per heavy atom. The van der Waals surface area contributed by atoms with Crippen LogP contribution in [-0.4, -0.2) is 16.4 Å². The highest BCUT2D eigenvalue weighted by molar-refractivity contribution is 9.10. The number of rotatable bonds is 6. The summed E-state index contributed by atoms with van der Waals surface area (Å²) in [6.07, 6.45) is -0.307. The molecule has 1 atom stereocenters. The van der Waals surface area contributed by atoms with E-state index in [1.54, 1.807) is 12.1 Å². The maximum atomic E-state index is 12.4. The molecular weight excluding hydrogens is 416 g/mol. The average molecular weight is 436 g/mol. The van der Waals surface area contributed by atoms with Crippen LogP contribution in [0.3, 0.4) is 0 Å². The van der Waals surface area contributed by atoms with Gasteiger partial charge in [0, 0.05) is 5.69 Å². The van der Waals surface area contributed by atoms with Crippen molar-refractivity contribution < 1.29 is 13.5 Å². The highest BCUT2D eigenvalue weighted by atomic mass is 79.9. The minimum absolute atomic E-state index is 0.123. The third kappa shape index (κ3) is 4.47. The van der Waals surface area contributed by atoms with E-state index in [0.717, 1.165) is 27.1 Å². The molecule has 0 aliphatic rings. The van der Waals surface area contributed by atoms with Crippen molar-refractivity contribution in [1.82, 2.24) is 9.78 Å². The van der Waals surface area contributed by atoms with Crippen molar-refractivity contribution in [2.24, 2.45) is 0 Å². The molecule has 0 fully saturated rings. The molecule has 142 valence electrons. The summed E-state index contributed by atoms with van der Waals surface area (Å²) in [5.41, 5.74) is 4.81. The Labute approximate surface area is 165 Å². The van der Waals surface area contributed by atoms with Gasteiger partial charge < -0.3 is 10.1 Å². The Hall–Kier alpha value is -2.41. The molecule has 0 spiro atoms. The summed E-state index contributed by atoms with van der Waals surface area (Å²) in [4.78, 5) is 0. The highest BCUT2D eigenvalue weighted by Gasteiger charge is 2.20. The van der Waals surface area contributed by atoms with Gasteiger partial charge in [-0.3, -0.25) is 0 Å². The van der Waals surface area contributed by atoms with Crippen LogP contribution in [0.5, 0.6) is 5.75 Å². The summed E-state index contributed by atoms with van der Waals surface area (Å²) in [6.45, 7) is 3.09. The van der Waals surface area contributed by atoms with E-state index in [1.165, 1.54) is 17.7 Å². The fourth-order valence-corrected chi connectivity index (χ4v) is 3.08. The van der Waals surface area contributed by atoms with Gasteiger partial charge in [-0.25, -0.2) is 4.68 Å². The SMILES string of the molecule is Cc1ccc(N[C@@H](c2ccc(OC(F)F)cc2)n2nc(C)c(Br)c2C)cc1. The number of anilines is 1. The van der Waals surface area contributed by atoms with E-state index in [4.69, 9.17) is 0 Å². The van der Waals surface area contributed by atoms with E-state index in [-0.39, 0.29) is 11.9 Å². The molecule has 0 amide bonds. The van der Waals surface area contributed by atoms with Crippen LogP contribution in [0.2, 0.25) is 0 Å². The van der Waals surface area contributed by atoms with Crippen LogP contribution in [0.15, 0.2) is 53.0 Å². The fourth-order valence-electron chi connectivity index (χ4n) is 2.82. The van der Waals surface area contributed by atoms with Gasteiger partial charge in [-0.15, -0.1) is 0 Å². The van der Waals surface area contributed by atoms with Gasteiger partial charge in [-0.05, 0) is 66.5 Å². The third-order valence-corrected chi connectivity index (χ3v) is 5.40. The zero-order valence-corrected chi connectivity index (χ0v) is 16.8. The monoisotopic (exact) mass is 435 g/mol. The first-order valence-corrected chi connectivity index (χ1v) is 9.23. The zero-order valence-electron chi connectivity index (χ0n) is 15.2. The van der Waals surface area contributed by atoms with Crippen molar-refractivity contribution in [3.63, 3.8) is 0 Å². The maximum absolute atomic E-state index is 12.4. The second kappa shape index (κ2) is 8.08. The lowest BCUT2D eigenvalue weighted by Gasteiger charge is -2.23. The molecule has 7 heteroatoms. The number of nitrogens with one attached hydrogen (secondary N) is 1. The van der Waals surface area contributed by atoms with Crippen LogP contribution in [0.1, 0.15) is 28.7 Å². The lowest BCUT2D eigenvalue weighted by atomic mass is 10.1. The molecule has 0 bridgehead atoms. The number of hydrogen-bond donors (Lipinski definition) is 1. The standard InChI is InChI=1S/C20H20BrF2N3O/c1-12-4-8-16(9-5-12)24-19(26-14(3)18(21)13(2)25-26)15-6-10-17(11-7-15)27-20(22)23/h4-11,19-20,24H,1-3H3/t19-/m1/s1. The van der Waals surface area contributed by atoms with Gasteiger partial charge in [0.15, 0.2) is 0 Å². The number of aryl methyl sites for hydroxylation is 2. The minimum Gasteiger partial charge on any atom is -0.435 e. The number of nitrogens with zero attached hydrogens (tertiary/aromatic N) is 2. The normalized spacial score (nSPS) is 12.3. The number of benzene rings is 2. The van der Waals surface area contributed by atoms with Crippen molar-refractivity contribution in [2.45, 2.75) is 33.5 Å². The molecule has 4 nitrogen and oxygen atoms in total. The van der Waals surface area contributed by atoms with E-state index in [2.05, 4.69) is 31.1 Å². The van der Waals surface area contributed by atoms with E-state index < -0.39 is 6.61 Å². The molecule has 1 aromatic heterocycles. The molecule has 0 aliphatic carbocycles. The van der Waals surface area contributed by atoms with Gasteiger partial charge in [0.05, 0.1) is 15.9 Å².